The molecule has 0 spiro atoms. The summed E-state index contributed by atoms with van der Waals surface area (Å²) in [6, 6.07) is 3.61. The molecule has 4 N–H and O–H groups in total. The number of aryl methyl sites for hydroxylation is 1. The zero-order chi connectivity index (χ0) is 17.0. The van der Waals surface area contributed by atoms with Gasteiger partial charge in [0.25, 0.3) is 5.91 Å². The Balaban J connectivity index is 2.03. The van der Waals surface area contributed by atoms with E-state index in [0.29, 0.717) is 18.0 Å². The fraction of sp³-hybridized carbons (Fsp3) is 0.500. The normalized spacial score (nSPS) is 12.4. The molecule has 124 valence electrons. The number of nitrogens with one attached hydrogen (secondary N) is 2. The Morgan fingerprint density at radius 3 is 2.57 bits per heavy atom. The molecule has 0 aliphatic carbocycles. The molecule has 2 aromatic heterocycles. The van der Waals surface area contributed by atoms with Crippen LogP contribution >= 0.6 is 0 Å². The van der Waals surface area contributed by atoms with Gasteiger partial charge in [-0.3, -0.25) is 9.89 Å². The average Bonchev–Trinajstić information content (AvgIpc) is 2.82. The van der Waals surface area contributed by atoms with E-state index in [-0.39, 0.29) is 17.9 Å². The number of nitrogen functional groups attached to an aromatic ring is 1. The minimum atomic E-state index is -0.246. The van der Waals surface area contributed by atoms with Gasteiger partial charge >= 0.3 is 0 Å². The van der Waals surface area contributed by atoms with Crippen LogP contribution in [0.5, 0.6) is 0 Å². The lowest BCUT2D eigenvalue weighted by molar-refractivity contribution is 0.0934. The molecule has 2 aromatic rings. The van der Waals surface area contributed by atoms with Crippen molar-refractivity contribution in [1.82, 2.24) is 25.5 Å². The molecule has 0 bridgehead atoms. The number of hydrogen-bond acceptors (Lipinski definition) is 5. The summed E-state index contributed by atoms with van der Waals surface area (Å²) >= 11 is 0. The van der Waals surface area contributed by atoms with Crippen molar-refractivity contribution >= 4 is 11.9 Å². The highest BCUT2D eigenvalue weighted by Crippen LogP contribution is 2.09. The molecule has 0 unspecified atom stereocenters. The summed E-state index contributed by atoms with van der Waals surface area (Å²) in [7, 11) is 0. The van der Waals surface area contributed by atoms with Gasteiger partial charge in [0.15, 0.2) is 0 Å². The molecule has 7 nitrogen and oxygen atoms in total. The van der Waals surface area contributed by atoms with E-state index in [1.54, 1.807) is 6.07 Å². The molecule has 0 radical (unpaired) electrons. The molecular weight excluding hydrogens is 292 g/mol. The van der Waals surface area contributed by atoms with Gasteiger partial charge in [-0.05, 0) is 38.3 Å². The van der Waals surface area contributed by atoms with Crippen molar-refractivity contribution in [3.63, 3.8) is 0 Å². The number of nitrogens with two attached hydrogens (primary N) is 1. The molecule has 7 heteroatoms. The molecule has 23 heavy (non-hydrogen) atoms. The molecule has 2 rings (SSSR count). The van der Waals surface area contributed by atoms with Crippen molar-refractivity contribution < 1.29 is 4.79 Å². The highest BCUT2D eigenvalue weighted by molar-refractivity contribution is 5.92. The standard InChI is InChI=1S/C16H24N6O/c1-9(2)5-12-8-14(20-16(17)19-12)15(23)18-10(3)6-13-7-11(4)21-22-13/h7-10H,5-6H2,1-4H3,(H,18,23)(H,21,22)(H2,17,19,20)/t10-/m0/s1. The summed E-state index contributed by atoms with van der Waals surface area (Å²) in [6.07, 6.45) is 1.41. The predicted octanol–water partition coefficient (Wildman–Crippen LogP) is 1.65. The Kier molecular flexibility index (Phi) is 5.31. The number of anilines is 1. The largest absolute Gasteiger partial charge is 0.368 e. The molecule has 2 heterocycles. The fourth-order valence-electron chi connectivity index (χ4n) is 2.40. The van der Waals surface area contributed by atoms with Crippen LogP contribution in [0.15, 0.2) is 12.1 Å². The van der Waals surface area contributed by atoms with E-state index in [1.165, 1.54) is 0 Å². The van der Waals surface area contributed by atoms with Crippen LogP contribution in [0, 0.1) is 12.8 Å². The van der Waals surface area contributed by atoms with Gasteiger partial charge in [-0.2, -0.15) is 5.10 Å². The summed E-state index contributed by atoms with van der Waals surface area (Å²) in [5.41, 5.74) is 8.72. The van der Waals surface area contributed by atoms with Gasteiger partial charge < -0.3 is 11.1 Å². The maximum absolute atomic E-state index is 12.4. The van der Waals surface area contributed by atoms with Gasteiger partial charge in [0, 0.05) is 23.9 Å². The van der Waals surface area contributed by atoms with Crippen molar-refractivity contribution in [3.8, 4) is 0 Å². The van der Waals surface area contributed by atoms with E-state index in [1.807, 2.05) is 19.9 Å². The third-order valence-electron chi connectivity index (χ3n) is 3.30. The van der Waals surface area contributed by atoms with Gasteiger partial charge in [0.2, 0.25) is 5.95 Å². The monoisotopic (exact) mass is 316 g/mol. The number of carbonyl (C=O) groups excluding carboxylic acids is 1. The Morgan fingerprint density at radius 2 is 1.96 bits per heavy atom. The van der Waals surface area contributed by atoms with Crippen molar-refractivity contribution in [1.29, 1.82) is 0 Å². The molecule has 1 amide bonds. The SMILES string of the molecule is Cc1cc(C[C@H](C)NC(=O)c2cc(CC(C)C)nc(N)n2)n[nH]1. The Morgan fingerprint density at radius 1 is 1.22 bits per heavy atom. The van der Waals surface area contributed by atoms with E-state index in [2.05, 4.69) is 39.3 Å². The first-order valence-electron chi connectivity index (χ1n) is 7.78. The molecule has 0 saturated carbocycles. The predicted molar refractivity (Wildman–Crippen MR) is 88.9 cm³/mol. The molecule has 0 saturated heterocycles. The van der Waals surface area contributed by atoms with Gasteiger partial charge in [-0.25, -0.2) is 9.97 Å². The lowest BCUT2D eigenvalue weighted by Crippen LogP contribution is -2.35. The number of hydrogen-bond donors (Lipinski definition) is 3. The van der Waals surface area contributed by atoms with Crippen LogP contribution < -0.4 is 11.1 Å². The number of aromatic amines is 1. The van der Waals surface area contributed by atoms with Crippen LogP contribution in [0.1, 0.15) is 48.3 Å². The summed E-state index contributed by atoms with van der Waals surface area (Å²) in [6.45, 7) is 8.05. The highest BCUT2D eigenvalue weighted by atomic mass is 16.1. The van der Waals surface area contributed by atoms with Gasteiger partial charge in [-0.15, -0.1) is 0 Å². The first kappa shape index (κ1) is 16.9. The van der Waals surface area contributed by atoms with Crippen molar-refractivity contribution in [2.24, 2.45) is 5.92 Å². The summed E-state index contributed by atoms with van der Waals surface area (Å²) in [5, 5.41) is 9.99. The Hall–Kier alpha value is -2.44. The summed E-state index contributed by atoms with van der Waals surface area (Å²) < 4.78 is 0. The van der Waals surface area contributed by atoms with Crippen LogP contribution in [0.2, 0.25) is 0 Å². The molecule has 0 aliphatic rings. The fourth-order valence-corrected chi connectivity index (χ4v) is 2.40. The van der Waals surface area contributed by atoms with Gasteiger partial charge in [-0.1, -0.05) is 13.8 Å². The zero-order valence-electron chi connectivity index (χ0n) is 14.1. The summed E-state index contributed by atoms with van der Waals surface area (Å²) in [4.78, 5) is 20.6. The number of rotatable bonds is 6. The number of nitrogens with zero attached hydrogens (tertiary/aromatic N) is 3. The second-order valence-electron chi connectivity index (χ2n) is 6.32. The highest BCUT2D eigenvalue weighted by Gasteiger charge is 2.15. The maximum Gasteiger partial charge on any atom is 0.270 e. The van der Waals surface area contributed by atoms with Crippen molar-refractivity contribution in [3.05, 3.63) is 34.9 Å². The van der Waals surface area contributed by atoms with Crippen LogP contribution in [0.3, 0.4) is 0 Å². The van der Waals surface area contributed by atoms with Gasteiger partial charge in [0.05, 0.1) is 5.69 Å². The maximum atomic E-state index is 12.4. The second-order valence-corrected chi connectivity index (χ2v) is 6.32. The third kappa shape index (κ3) is 5.05. The first-order chi connectivity index (χ1) is 10.8. The van der Waals surface area contributed by atoms with Gasteiger partial charge in [0.1, 0.15) is 5.69 Å². The quantitative estimate of drug-likeness (QED) is 0.750. The van der Waals surface area contributed by atoms with E-state index in [4.69, 9.17) is 5.73 Å². The number of aromatic nitrogens is 4. The third-order valence-corrected chi connectivity index (χ3v) is 3.30. The average molecular weight is 316 g/mol. The lowest BCUT2D eigenvalue weighted by Gasteiger charge is -2.13. The van der Waals surface area contributed by atoms with Crippen LogP contribution in [0.25, 0.3) is 0 Å². The topological polar surface area (TPSA) is 110 Å². The summed E-state index contributed by atoms with van der Waals surface area (Å²) in [5.74, 6) is 0.315. The molecule has 0 aliphatic heterocycles. The first-order valence-corrected chi connectivity index (χ1v) is 7.78. The Labute approximate surface area is 136 Å². The molecule has 0 aromatic carbocycles. The minimum absolute atomic E-state index is 0.0602. The van der Waals surface area contributed by atoms with E-state index in [9.17, 15) is 4.79 Å². The molecule has 1 atom stereocenters. The van der Waals surface area contributed by atoms with E-state index >= 15 is 0 Å². The van der Waals surface area contributed by atoms with E-state index < -0.39 is 0 Å². The zero-order valence-corrected chi connectivity index (χ0v) is 14.1. The minimum Gasteiger partial charge on any atom is -0.368 e. The van der Waals surface area contributed by atoms with Crippen molar-refractivity contribution in [2.75, 3.05) is 5.73 Å². The van der Waals surface area contributed by atoms with Crippen LogP contribution in [-0.4, -0.2) is 32.1 Å². The lowest BCUT2D eigenvalue weighted by atomic mass is 10.1. The van der Waals surface area contributed by atoms with E-state index in [0.717, 1.165) is 23.5 Å². The van der Waals surface area contributed by atoms with Crippen LogP contribution in [0.4, 0.5) is 5.95 Å². The smallest absolute Gasteiger partial charge is 0.270 e. The Bertz CT molecular complexity index is 679. The number of H-pyrrole nitrogens is 1. The van der Waals surface area contributed by atoms with Crippen molar-refractivity contribution in [2.45, 2.75) is 46.6 Å². The van der Waals surface area contributed by atoms with Crippen LogP contribution in [-0.2, 0) is 12.8 Å². The number of amides is 1. The second kappa shape index (κ2) is 7.21. The molecular formula is C16H24N6O. The molecule has 0 fully saturated rings. The number of carbonyl (C=O) groups is 1.